The molecule has 0 N–H and O–H groups in total. The third-order valence-corrected chi connectivity index (χ3v) is 5.98. The van der Waals surface area contributed by atoms with Crippen LogP contribution < -0.4 is 0 Å². The summed E-state index contributed by atoms with van der Waals surface area (Å²) in [5.74, 6) is 0. The summed E-state index contributed by atoms with van der Waals surface area (Å²) >= 11 is 0. The molecule has 0 aromatic heterocycles. The van der Waals surface area contributed by atoms with Gasteiger partial charge in [-0.1, -0.05) is 60.7 Å². The van der Waals surface area contributed by atoms with E-state index in [1.807, 2.05) is 0 Å². The molecule has 0 saturated heterocycles. The van der Waals surface area contributed by atoms with Crippen LogP contribution in [0, 0.1) is 13.8 Å². The van der Waals surface area contributed by atoms with Gasteiger partial charge in [0.15, 0.2) is 0 Å². The Morgan fingerprint density at radius 3 is 1.48 bits per heavy atom. The van der Waals surface area contributed by atoms with E-state index in [-0.39, 0.29) is 0 Å². The maximum atomic E-state index is 2.36. The number of hydrogen-bond donors (Lipinski definition) is 0. The SMILES string of the molecule is Cc1cccc2c3c(ccc12)Cc1ccc2c(C)cccc2c1CC3. The molecule has 5 rings (SSSR count). The minimum atomic E-state index is 1.05. The maximum absolute atomic E-state index is 2.36. The molecule has 0 heteroatoms. The molecule has 122 valence electrons. The number of hydrogen-bond acceptors (Lipinski definition) is 0. The Bertz CT molecular complexity index is 1040. The average molecular weight is 322 g/mol. The van der Waals surface area contributed by atoms with Crippen LogP contribution in [0.2, 0.25) is 0 Å². The summed E-state index contributed by atoms with van der Waals surface area (Å²) in [6.07, 6.45) is 3.32. The smallest absolute Gasteiger partial charge is 0.00199 e. The van der Waals surface area contributed by atoms with Gasteiger partial charge in [-0.05, 0) is 88.0 Å². The van der Waals surface area contributed by atoms with Gasteiger partial charge in [-0.3, -0.25) is 0 Å². The normalized spacial score (nSPS) is 13.5. The van der Waals surface area contributed by atoms with E-state index in [9.17, 15) is 0 Å². The fourth-order valence-electron chi connectivity index (χ4n) is 4.62. The summed E-state index contributed by atoms with van der Waals surface area (Å²) in [5.41, 5.74) is 8.87. The first-order valence-electron chi connectivity index (χ1n) is 9.22. The highest BCUT2D eigenvalue weighted by Gasteiger charge is 2.18. The first-order chi connectivity index (χ1) is 12.2. The van der Waals surface area contributed by atoms with Gasteiger partial charge >= 0.3 is 0 Å². The van der Waals surface area contributed by atoms with Gasteiger partial charge in [0.2, 0.25) is 0 Å². The van der Waals surface area contributed by atoms with Crippen molar-refractivity contribution in [1.82, 2.24) is 0 Å². The highest BCUT2D eigenvalue weighted by Crippen LogP contribution is 2.34. The lowest BCUT2D eigenvalue weighted by atomic mass is 9.93. The van der Waals surface area contributed by atoms with Crippen LogP contribution in [0.4, 0.5) is 0 Å². The molecule has 25 heavy (non-hydrogen) atoms. The topological polar surface area (TPSA) is 0 Å². The fraction of sp³-hybridized carbons (Fsp3) is 0.200. The van der Waals surface area contributed by atoms with Gasteiger partial charge < -0.3 is 0 Å². The molecule has 4 aromatic rings. The van der Waals surface area contributed by atoms with Crippen molar-refractivity contribution >= 4 is 21.5 Å². The van der Waals surface area contributed by atoms with Gasteiger partial charge in [0.1, 0.15) is 0 Å². The molecule has 0 amide bonds. The second kappa shape index (κ2) is 5.46. The molecule has 0 radical (unpaired) electrons. The average Bonchev–Trinajstić information content (AvgIpc) is 2.81. The van der Waals surface area contributed by atoms with Crippen molar-refractivity contribution in [2.24, 2.45) is 0 Å². The van der Waals surface area contributed by atoms with E-state index in [4.69, 9.17) is 0 Å². The van der Waals surface area contributed by atoms with Crippen molar-refractivity contribution in [3.05, 3.63) is 94.0 Å². The molecule has 0 aliphatic heterocycles. The number of benzene rings is 4. The molecule has 0 saturated carbocycles. The predicted octanol–water partition coefficient (Wildman–Crippen LogP) is 6.30. The molecule has 0 heterocycles. The molecule has 0 unspecified atom stereocenters. The first-order valence-corrected chi connectivity index (χ1v) is 9.22. The lowest BCUT2D eigenvalue weighted by Crippen LogP contribution is -1.95. The minimum Gasteiger partial charge on any atom is -0.0614 e. The van der Waals surface area contributed by atoms with E-state index >= 15 is 0 Å². The Labute approximate surface area is 149 Å². The van der Waals surface area contributed by atoms with E-state index in [2.05, 4.69) is 74.5 Å². The first kappa shape index (κ1) is 14.7. The van der Waals surface area contributed by atoms with Crippen molar-refractivity contribution < 1.29 is 0 Å². The third kappa shape index (κ3) is 2.21. The minimum absolute atomic E-state index is 1.05. The fourth-order valence-corrected chi connectivity index (χ4v) is 4.62. The Morgan fingerprint density at radius 1 is 0.520 bits per heavy atom. The monoisotopic (exact) mass is 322 g/mol. The van der Waals surface area contributed by atoms with Gasteiger partial charge in [0.25, 0.3) is 0 Å². The van der Waals surface area contributed by atoms with Gasteiger partial charge in [0.05, 0.1) is 0 Å². The standard InChI is InChI=1S/C25H22/c1-16-5-3-7-24-20(16)11-9-18-15-19-10-12-21-17(2)6-4-8-25(21)23(19)14-13-22(18)24/h3-12H,13-15H2,1-2H3. The molecule has 0 atom stereocenters. The van der Waals surface area contributed by atoms with Crippen LogP contribution >= 0.6 is 0 Å². The molecule has 1 aliphatic rings. The summed E-state index contributed by atoms with van der Waals surface area (Å²) in [6.45, 7) is 4.44. The number of fused-ring (bicyclic) bond motifs is 6. The molecule has 1 aliphatic carbocycles. The number of rotatable bonds is 0. The van der Waals surface area contributed by atoms with Crippen molar-refractivity contribution in [2.45, 2.75) is 33.1 Å². The molecule has 4 aromatic carbocycles. The molecule has 0 fully saturated rings. The van der Waals surface area contributed by atoms with Gasteiger partial charge in [-0.2, -0.15) is 0 Å². The van der Waals surface area contributed by atoms with Crippen LogP contribution in [0.1, 0.15) is 33.4 Å². The van der Waals surface area contributed by atoms with Crippen molar-refractivity contribution in [2.75, 3.05) is 0 Å². The van der Waals surface area contributed by atoms with Crippen LogP contribution in [-0.4, -0.2) is 0 Å². The summed E-state index contributed by atoms with van der Waals surface area (Å²) in [7, 11) is 0. The Morgan fingerprint density at radius 2 is 1.00 bits per heavy atom. The summed E-state index contributed by atoms with van der Waals surface area (Å²) in [5, 5.41) is 5.72. The Kier molecular flexibility index (Phi) is 3.21. The highest BCUT2D eigenvalue weighted by atomic mass is 14.2. The zero-order valence-corrected chi connectivity index (χ0v) is 14.9. The number of aryl methyl sites for hydroxylation is 4. The molecule has 0 spiro atoms. The quantitative estimate of drug-likeness (QED) is 0.356. The summed E-state index contributed by atoms with van der Waals surface area (Å²) in [4.78, 5) is 0. The second-order valence-corrected chi connectivity index (χ2v) is 7.42. The lowest BCUT2D eigenvalue weighted by Gasteiger charge is -2.12. The molecule has 0 nitrogen and oxygen atoms in total. The molecular weight excluding hydrogens is 300 g/mol. The van der Waals surface area contributed by atoms with Crippen LogP contribution in [0.15, 0.2) is 60.7 Å². The predicted molar refractivity (Wildman–Crippen MR) is 108 cm³/mol. The van der Waals surface area contributed by atoms with Crippen LogP contribution in [0.3, 0.4) is 0 Å². The van der Waals surface area contributed by atoms with E-state index in [1.165, 1.54) is 43.8 Å². The Hall–Kier alpha value is -2.60. The summed E-state index contributed by atoms with van der Waals surface area (Å²) in [6, 6.07) is 22.8. The van der Waals surface area contributed by atoms with E-state index in [1.54, 1.807) is 11.1 Å². The van der Waals surface area contributed by atoms with E-state index in [0.29, 0.717) is 0 Å². The zero-order chi connectivity index (χ0) is 17.0. The van der Waals surface area contributed by atoms with Crippen LogP contribution in [-0.2, 0) is 19.3 Å². The van der Waals surface area contributed by atoms with E-state index < -0.39 is 0 Å². The molecule has 0 bridgehead atoms. The van der Waals surface area contributed by atoms with Gasteiger partial charge in [-0.25, -0.2) is 0 Å². The van der Waals surface area contributed by atoms with Crippen LogP contribution in [0.25, 0.3) is 21.5 Å². The second-order valence-electron chi connectivity index (χ2n) is 7.42. The third-order valence-electron chi connectivity index (χ3n) is 5.98. The van der Waals surface area contributed by atoms with Gasteiger partial charge in [-0.15, -0.1) is 0 Å². The van der Waals surface area contributed by atoms with E-state index in [0.717, 1.165) is 19.3 Å². The lowest BCUT2D eigenvalue weighted by molar-refractivity contribution is 0.983. The van der Waals surface area contributed by atoms with Crippen LogP contribution in [0.5, 0.6) is 0 Å². The van der Waals surface area contributed by atoms with Crippen molar-refractivity contribution in [3.8, 4) is 0 Å². The van der Waals surface area contributed by atoms with Crippen molar-refractivity contribution in [3.63, 3.8) is 0 Å². The maximum Gasteiger partial charge on any atom is -0.00199 e. The largest absolute Gasteiger partial charge is 0.0614 e. The van der Waals surface area contributed by atoms with Gasteiger partial charge in [0, 0.05) is 0 Å². The summed E-state index contributed by atoms with van der Waals surface area (Å²) < 4.78 is 0. The zero-order valence-electron chi connectivity index (χ0n) is 14.9. The van der Waals surface area contributed by atoms with Crippen molar-refractivity contribution in [1.29, 1.82) is 0 Å². The molecular formula is C25H22. The highest BCUT2D eigenvalue weighted by molar-refractivity contribution is 5.92. The Balaban J connectivity index is 1.73.